The Hall–Kier alpha value is -2.20. The van der Waals surface area contributed by atoms with E-state index < -0.39 is 5.97 Å². The smallest absolute Gasteiger partial charge is 0.339 e. The summed E-state index contributed by atoms with van der Waals surface area (Å²) in [5.74, 6) is -0.104. The summed E-state index contributed by atoms with van der Waals surface area (Å²) in [6, 6.07) is 12.6. The standard InChI is InChI=1S/C19H19ClO4/c1-23-15-7-8-16(18(21)22)17(11-15)24-12-19(9-2-10-19)13-3-5-14(20)6-4-13/h3-8,11H,2,9-10,12H2,1H3,(H,21,22). The van der Waals surface area contributed by atoms with Crippen molar-refractivity contribution in [2.75, 3.05) is 13.7 Å². The van der Waals surface area contributed by atoms with E-state index in [4.69, 9.17) is 21.1 Å². The lowest BCUT2D eigenvalue weighted by Crippen LogP contribution is -2.40. The molecule has 0 radical (unpaired) electrons. The van der Waals surface area contributed by atoms with Crippen molar-refractivity contribution in [3.63, 3.8) is 0 Å². The van der Waals surface area contributed by atoms with Gasteiger partial charge in [-0.3, -0.25) is 0 Å². The van der Waals surface area contributed by atoms with Gasteiger partial charge in [0.05, 0.1) is 13.7 Å². The number of aromatic carboxylic acids is 1. The second kappa shape index (κ2) is 6.73. The van der Waals surface area contributed by atoms with Crippen LogP contribution in [0.5, 0.6) is 11.5 Å². The van der Waals surface area contributed by atoms with E-state index in [1.807, 2.05) is 24.3 Å². The molecule has 4 nitrogen and oxygen atoms in total. The van der Waals surface area contributed by atoms with Crippen LogP contribution >= 0.6 is 11.6 Å². The van der Waals surface area contributed by atoms with Gasteiger partial charge in [0.25, 0.3) is 0 Å². The summed E-state index contributed by atoms with van der Waals surface area (Å²) >= 11 is 5.97. The predicted octanol–water partition coefficient (Wildman–Crippen LogP) is 4.55. The van der Waals surface area contributed by atoms with Crippen molar-refractivity contribution in [2.45, 2.75) is 24.7 Å². The van der Waals surface area contributed by atoms with Crippen LogP contribution in [-0.4, -0.2) is 24.8 Å². The largest absolute Gasteiger partial charge is 0.497 e. The Balaban J connectivity index is 1.83. The third-order valence-corrected chi connectivity index (χ3v) is 4.94. The quantitative estimate of drug-likeness (QED) is 0.833. The molecule has 0 amide bonds. The number of hydrogen-bond acceptors (Lipinski definition) is 3. The fourth-order valence-electron chi connectivity index (χ4n) is 3.06. The van der Waals surface area contributed by atoms with Crippen molar-refractivity contribution in [3.05, 3.63) is 58.6 Å². The molecule has 3 rings (SSSR count). The minimum absolute atomic E-state index is 0.0799. The average molecular weight is 347 g/mol. The molecule has 126 valence electrons. The highest BCUT2D eigenvalue weighted by atomic mass is 35.5. The molecule has 1 fully saturated rings. The first kappa shape index (κ1) is 16.7. The molecule has 1 N–H and O–H groups in total. The highest BCUT2D eigenvalue weighted by molar-refractivity contribution is 6.30. The van der Waals surface area contributed by atoms with E-state index in [-0.39, 0.29) is 11.0 Å². The second-order valence-electron chi connectivity index (χ2n) is 6.10. The summed E-state index contributed by atoms with van der Waals surface area (Å²) < 4.78 is 11.1. The fourth-order valence-corrected chi connectivity index (χ4v) is 3.19. The van der Waals surface area contributed by atoms with Crippen molar-refractivity contribution < 1.29 is 19.4 Å². The van der Waals surface area contributed by atoms with Crippen LogP contribution in [0.2, 0.25) is 5.02 Å². The monoisotopic (exact) mass is 346 g/mol. The molecule has 0 saturated heterocycles. The topological polar surface area (TPSA) is 55.8 Å². The molecule has 0 unspecified atom stereocenters. The van der Waals surface area contributed by atoms with E-state index in [0.29, 0.717) is 23.1 Å². The number of carboxylic acids is 1. The van der Waals surface area contributed by atoms with Gasteiger partial charge in [0.1, 0.15) is 17.1 Å². The Labute approximate surface area is 146 Å². The van der Waals surface area contributed by atoms with Gasteiger partial charge < -0.3 is 14.6 Å². The Morgan fingerprint density at radius 1 is 1.21 bits per heavy atom. The van der Waals surface area contributed by atoms with Crippen molar-refractivity contribution in [3.8, 4) is 11.5 Å². The van der Waals surface area contributed by atoms with E-state index >= 15 is 0 Å². The van der Waals surface area contributed by atoms with E-state index in [1.165, 1.54) is 11.6 Å². The third-order valence-electron chi connectivity index (χ3n) is 4.69. The van der Waals surface area contributed by atoms with E-state index in [0.717, 1.165) is 19.3 Å². The highest BCUT2D eigenvalue weighted by Crippen LogP contribution is 2.44. The SMILES string of the molecule is COc1ccc(C(=O)O)c(OCC2(c3ccc(Cl)cc3)CCC2)c1. The van der Waals surface area contributed by atoms with Gasteiger partial charge in [-0.2, -0.15) is 0 Å². The Bertz CT molecular complexity index is 736. The minimum Gasteiger partial charge on any atom is -0.497 e. The summed E-state index contributed by atoms with van der Waals surface area (Å²) in [7, 11) is 1.54. The number of rotatable bonds is 6. The summed E-state index contributed by atoms with van der Waals surface area (Å²) in [5, 5.41) is 10.0. The van der Waals surface area contributed by atoms with Crippen molar-refractivity contribution >= 4 is 17.6 Å². The van der Waals surface area contributed by atoms with Crippen LogP contribution in [0.15, 0.2) is 42.5 Å². The van der Waals surface area contributed by atoms with E-state index in [2.05, 4.69) is 0 Å². The number of ether oxygens (including phenoxy) is 2. The zero-order chi connectivity index (χ0) is 17.2. The third kappa shape index (κ3) is 3.20. The lowest BCUT2D eigenvalue weighted by atomic mass is 9.65. The number of hydrogen-bond donors (Lipinski definition) is 1. The summed E-state index contributed by atoms with van der Waals surface area (Å²) in [6.45, 7) is 0.433. The highest BCUT2D eigenvalue weighted by Gasteiger charge is 2.39. The van der Waals surface area contributed by atoms with Crippen molar-refractivity contribution in [1.29, 1.82) is 0 Å². The first-order chi connectivity index (χ1) is 11.5. The van der Waals surface area contributed by atoms with Gasteiger partial charge in [-0.15, -0.1) is 0 Å². The summed E-state index contributed by atoms with van der Waals surface area (Å²) in [4.78, 5) is 11.4. The van der Waals surface area contributed by atoms with Gasteiger partial charge >= 0.3 is 5.97 Å². The number of benzene rings is 2. The Morgan fingerprint density at radius 2 is 1.92 bits per heavy atom. The van der Waals surface area contributed by atoms with Crippen LogP contribution in [0.4, 0.5) is 0 Å². The van der Waals surface area contributed by atoms with Crippen LogP contribution in [0, 0.1) is 0 Å². The summed E-state index contributed by atoms with van der Waals surface area (Å²) in [5.41, 5.74) is 1.24. The van der Waals surface area contributed by atoms with Gasteiger partial charge in [-0.25, -0.2) is 4.79 Å². The van der Waals surface area contributed by atoms with E-state index in [1.54, 1.807) is 19.2 Å². The van der Waals surface area contributed by atoms with E-state index in [9.17, 15) is 9.90 Å². The molecule has 1 aliphatic rings. The maximum absolute atomic E-state index is 11.4. The predicted molar refractivity (Wildman–Crippen MR) is 92.4 cm³/mol. The minimum atomic E-state index is -1.01. The number of carboxylic acid groups (broad SMARTS) is 1. The molecule has 0 aromatic heterocycles. The number of halogens is 1. The lowest BCUT2D eigenvalue weighted by molar-refractivity contribution is 0.0687. The molecule has 0 atom stereocenters. The van der Waals surface area contributed by atoms with Crippen LogP contribution in [0.1, 0.15) is 35.2 Å². The second-order valence-corrected chi connectivity index (χ2v) is 6.53. The van der Waals surface area contributed by atoms with Gasteiger partial charge in [0.2, 0.25) is 0 Å². The molecule has 2 aromatic carbocycles. The van der Waals surface area contributed by atoms with Gasteiger partial charge in [-0.1, -0.05) is 30.2 Å². The molecule has 5 heteroatoms. The van der Waals surface area contributed by atoms with Crippen LogP contribution in [0.3, 0.4) is 0 Å². The molecule has 1 aliphatic carbocycles. The van der Waals surface area contributed by atoms with Gasteiger partial charge in [-0.05, 0) is 42.7 Å². The average Bonchev–Trinajstić information content (AvgIpc) is 2.55. The number of methoxy groups -OCH3 is 1. The van der Waals surface area contributed by atoms with Crippen LogP contribution in [-0.2, 0) is 5.41 Å². The molecule has 0 bridgehead atoms. The molecule has 1 saturated carbocycles. The molecule has 0 spiro atoms. The number of carbonyl (C=O) groups is 1. The maximum Gasteiger partial charge on any atom is 0.339 e. The van der Waals surface area contributed by atoms with Gasteiger partial charge in [0, 0.05) is 16.5 Å². The molecule has 24 heavy (non-hydrogen) atoms. The zero-order valence-corrected chi connectivity index (χ0v) is 14.2. The Kier molecular flexibility index (Phi) is 4.67. The molecule has 2 aromatic rings. The van der Waals surface area contributed by atoms with Crippen molar-refractivity contribution in [2.24, 2.45) is 0 Å². The first-order valence-electron chi connectivity index (χ1n) is 7.84. The summed E-state index contributed by atoms with van der Waals surface area (Å²) in [6.07, 6.45) is 3.16. The molecular formula is C19H19ClO4. The molecule has 0 heterocycles. The normalized spacial score (nSPS) is 15.4. The van der Waals surface area contributed by atoms with Crippen molar-refractivity contribution in [1.82, 2.24) is 0 Å². The van der Waals surface area contributed by atoms with Gasteiger partial charge in [0.15, 0.2) is 0 Å². The maximum atomic E-state index is 11.4. The Morgan fingerprint density at radius 3 is 2.46 bits per heavy atom. The fraction of sp³-hybridized carbons (Fsp3) is 0.316. The zero-order valence-electron chi connectivity index (χ0n) is 13.4. The lowest BCUT2D eigenvalue weighted by Gasteiger charge is -2.42. The molecular weight excluding hydrogens is 328 g/mol. The first-order valence-corrected chi connectivity index (χ1v) is 8.22. The van der Waals surface area contributed by atoms with Crippen LogP contribution < -0.4 is 9.47 Å². The molecule has 0 aliphatic heterocycles. The van der Waals surface area contributed by atoms with Crippen LogP contribution in [0.25, 0.3) is 0 Å².